The number of carbonyl (C=O) groups is 2. The number of hydrogen-bond acceptors (Lipinski definition) is 5. The zero-order valence-electron chi connectivity index (χ0n) is 17.5. The first-order valence-corrected chi connectivity index (χ1v) is 11.8. The van der Waals surface area contributed by atoms with E-state index in [1.807, 2.05) is 24.3 Å². The van der Waals surface area contributed by atoms with Gasteiger partial charge in [0.25, 0.3) is 0 Å². The minimum Gasteiger partial charge on any atom is -0.368 e. The predicted octanol–water partition coefficient (Wildman–Crippen LogP) is 0.571. The van der Waals surface area contributed by atoms with Crippen molar-refractivity contribution in [3.63, 3.8) is 0 Å². The van der Waals surface area contributed by atoms with Crippen LogP contribution in [0.25, 0.3) is 0 Å². The number of nitrogens with zero attached hydrogens (tertiary/aromatic N) is 3. The molecule has 0 radical (unpaired) electrons. The van der Waals surface area contributed by atoms with E-state index in [1.54, 1.807) is 9.80 Å². The molecule has 32 heavy (non-hydrogen) atoms. The summed E-state index contributed by atoms with van der Waals surface area (Å²) in [6, 6.07) is 11.9. The van der Waals surface area contributed by atoms with Gasteiger partial charge in [-0.1, -0.05) is 24.3 Å². The average Bonchev–Trinajstić information content (AvgIpc) is 2.79. The summed E-state index contributed by atoms with van der Waals surface area (Å²) in [5, 5.41) is 0. The molecule has 2 aromatic carbocycles. The van der Waals surface area contributed by atoms with Crippen LogP contribution in [0.3, 0.4) is 0 Å². The van der Waals surface area contributed by atoms with Crippen molar-refractivity contribution in [2.45, 2.75) is 23.9 Å². The van der Waals surface area contributed by atoms with E-state index < -0.39 is 27.8 Å². The number of halogens is 1. The summed E-state index contributed by atoms with van der Waals surface area (Å²) >= 11 is 0. The molecule has 0 aromatic heterocycles. The van der Waals surface area contributed by atoms with E-state index in [4.69, 9.17) is 5.73 Å². The topological polar surface area (TPSA) is 104 Å². The van der Waals surface area contributed by atoms with E-state index in [0.29, 0.717) is 13.0 Å². The lowest BCUT2D eigenvalue weighted by atomic mass is 9.93. The van der Waals surface area contributed by atoms with E-state index in [0.717, 1.165) is 23.3 Å². The first-order valence-electron chi connectivity index (χ1n) is 10.4. The molecule has 2 heterocycles. The SMILES string of the molecule is NC(=O)[C@@H]1Cc2ccccc2CN1CC(=O)N1CCN(S(=O)(=O)c2ccc(F)cc2)CC1. The van der Waals surface area contributed by atoms with E-state index in [-0.39, 0.29) is 43.5 Å². The first-order chi connectivity index (χ1) is 15.3. The number of rotatable bonds is 5. The zero-order valence-corrected chi connectivity index (χ0v) is 18.3. The highest BCUT2D eigenvalue weighted by Crippen LogP contribution is 2.24. The average molecular weight is 461 g/mol. The molecule has 2 amide bonds. The van der Waals surface area contributed by atoms with Crippen LogP contribution in [0.15, 0.2) is 53.4 Å². The first kappa shape index (κ1) is 22.4. The fourth-order valence-electron chi connectivity index (χ4n) is 4.23. The van der Waals surface area contributed by atoms with Gasteiger partial charge in [0.1, 0.15) is 5.82 Å². The van der Waals surface area contributed by atoms with Gasteiger partial charge in [-0.2, -0.15) is 4.31 Å². The highest BCUT2D eigenvalue weighted by molar-refractivity contribution is 7.89. The summed E-state index contributed by atoms with van der Waals surface area (Å²) in [6.07, 6.45) is 0.461. The highest BCUT2D eigenvalue weighted by atomic mass is 32.2. The Hall–Kier alpha value is -2.82. The highest BCUT2D eigenvalue weighted by Gasteiger charge is 2.34. The van der Waals surface area contributed by atoms with E-state index in [9.17, 15) is 22.4 Å². The molecule has 2 N–H and O–H groups in total. The van der Waals surface area contributed by atoms with Crippen molar-refractivity contribution in [3.05, 3.63) is 65.5 Å². The van der Waals surface area contributed by atoms with Crippen LogP contribution in [-0.4, -0.2) is 73.1 Å². The van der Waals surface area contributed by atoms with Crippen molar-refractivity contribution >= 4 is 21.8 Å². The summed E-state index contributed by atoms with van der Waals surface area (Å²) in [6.45, 7) is 1.26. The van der Waals surface area contributed by atoms with Gasteiger partial charge in [-0.15, -0.1) is 0 Å². The van der Waals surface area contributed by atoms with Crippen LogP contribution < -0.4 is 5.73 Å². The Kier molecular flexibility index (Phi) is 6.27. The van der Waals surface area contributed by atoms with Crippen LogP contribution in [-0.2, 0) is 32.6 Å². The van der Waals surface area contributed by atoms with Gasteiger partial charge >= 0.3 is 0 Å². The maximum absolute atomic E-state index is 13.1. The van der Waals surface area contributed by atoms with E-state index in [1.165, 1.54) is 16.4 Å². The largest absolute Gasteiger partial charge is 0.368 e. The van der Waals surface area contributed by atoms with Crippen molar-refractivity contribution in [1.82, 2.24) is 14.1 Å². The molecule has 10 heteroatoms. The Morgan fingerprint density at radius 1 is 0.969 bits per heavy atom. The molecule has 0 bridgehead atoms. The third-order valence-electron chi connectivity index (χ3n) is 6.06. The smallest absolute Gasteiger partial charge is 0.243 e. The number of carbonyl (C=O) groups excluding carboxylic acids is 2. The van der Waals surface area contributed by atoms with Crippen LogP contribution in [0.1, 0.15) is 11.1 Å². The van der Waals surface area contributed by atoms with Crippen molar-refractivity contribution in [2.24, 2.45) is 5.73 Å². The molecule has 0 spiro atoms. The van der Waals surface area contributed by atoms with Crippen molar-refractivity contribution in [2.75, 3.05) is 32.7 Å². The maximum Gasteiger partial charge on any atom is 0.243 e. The monoisotopic (exact) mass is 460 g/mol. The quantitative estimate of drug-likeness (QED) is 0.703. The van der Waals surface area contributed by atoms with Gasteiger partial charge in [0, 0.05) is 32.7 Å². The molecule has 170 valence electrons. The minimum atomic E-state index is -3.75. The third-order valence-corrected chi connectivity index (χ3v) is 7.97. The second kappa shape index (κ2) is 8.97. The lowest BCUT2D eigenvalue weighted by Gasteiger charge is -2.38. The maximum atomic E-state index is 13.1. The Morgan fingerprint density at radius 3 is 2.22 bits per heavy atom. The molecule has 1 fully saturated rings. The number of fused-ring (bicyclic) bond motifs is 1. The predicted molar refractivity (Wildman–Crippen MR) is 115 cm³/mol. The van der Waals surface area contributed by atoms with Gasteiger partial charge in [-0.05, 0) is 41.8 Å². The molecular formula is C22H25FN4O4S. The third kappa shape index (κ3) is 4.52. The fraction of sp³-hybridized carbons (Fsp3) is 0.364. The van der Waals surface area contributed by atoms with E-state index in [2.05, 4.69) is 0 Å². The normalized spacial score (nSPS) is 20.0. The Balaban J connectivity index is 1.39. The molecule has 1 atom stereocenters. The van der Waals surface area contributed by atoms with Gasteiger partial charge in [-0.3, -0.25) is 14.5 Å². The summed E-state index contributed by atoms with van der Waals surface area (Å²) in [7, 11) is -3.75. The van der Waals surface area contributed by atoms with Crippen LogP contribution in [0.2, 0.25) is 0 Å². The second-order valence-electron chi connectivity index (χ2n) is 8.03. The van der Waals surface area contributed by atoms with Crippen molar-refractivity contribution in [3.8, 4) is 0 Å². The molecule has 0 unspecified atom stereocenters. The van der Waals surface area contributed by atoms with Crippen LogP contribution in [0.5, 0.6) is 0 Å². The number of nitrogens with two attached hydrogens (primary N) is 1. The Morgan fingerprint density at radius 2 is 1.59 bits per heavy atom. The number of primary amides is 1. The molecule has 2 aliphatic heterocycles. The zero-order chi connectivity index (χ0) is 22.9. The van der Waals surface area contributed by atoms with Gasteiger partial charge in [0.15, 0.2) is 0 Å². The molecule has 1 saturated heterocycles. The number of hydrogen-bond donors (Lipinski definition) is 1. The Bertz CT molecular complexity index is 1120. The number of piperazine rings is 1. The standard InChI is InChI=1S/C22H25FN4O4S/c23-18-5-7-19(8-6-18)32(30,31)27-11-9-25(10-12-27)21(28)15-26-14-17-4-2-1-3-16(17)13-20(26)22(24)29/h1-8,20H,9-15H2,(H2,24,29)/t20-/m0/s1. The molecule has 8 nitrogen and oxygen atoms in total. The summed E-state index contributed by atoms with van der Waals surface area (Å²) in [5.41, 5.74) is 7.72. The van der Waals surface area contributed by atoms with Gasteiger partial charge in [0.05, 0.1) is 17.5 Å². The van der Waals surface area contributed by atoms with Crippen LogP contribution >= 0.6 is 0 Å². The Labute approximate surface area is 186 Å². The minimum absolute atomic E-state index is 0.0231. The molecule has 0 saturated carbocycles. The molecule has 0 aliphatic carbocycles. The molecule has 2 aliphatic rings. The van der Waals surface area contributed by atoms with Crippen LogP contribution in [0.4, 0.5) is 4.39 Å². The lowest BCUT2D eigenvalue weighted by molar-refractivity contribution is -0.136. The second-order valence-corrected chi connectivity index (χ2v) is 9.97. The number of sulfonamides is 1. The summed E-state index contributed by atoms with van der Waals surface area (Å²) < 4.78 is 40.0. The van der Waals surface area contributed by atoms with Crippen molar-refractivity contribution < 1.29 is 22.4 Å². The van der Waals surface area contributed by atoms with Crippen LogP contribution in [0, 0.1) is 5.82 Å². The van der Waals surface area contributed by atoms with Crippen molar-refractivity contribution in [1.29, 1.82) is 0 Å². The van der Waals surface area contributed by atoms with Gasteiger partial charge < -0.3 is 10.6 Å². The summed E-state index contributed by atoms with van der Waals surface area (Å²) in [4.78, 5) is 28.3. The van der Waals surface area contributed by atoms with Gasteiger partial charge in [-0.25, -0.2) is 12.8 Å². The fourth-order valence-corrected chi connectivity index (χ4v) is 5.65. The number of amides is 2. The lowest BCUT2D eigenvalue weighted by Crippen LogP contribution is -2.55. The molecule has 2 aromatic rings. The molecular weight excluding hydrogens is 435 g/mol. The van der Waals surface area contributed by atoms with Gasteiger partial charge in [0.2, 0.25) is 21.8 Å². The summed E-state index contributed by atoms with van der Waals surface area (Å²) in [5.74, 6) is -1.15. The van der Waals surface area contributed by atoms with E-state index >= 15 is 0 Å². The molecule has 4 rings (SSSR count). The number of benzene rings is 2.